The van der Waals surface area contributed by atoms with Crippen LogP contribution < -0.4 is 5.32 Å². The number of nitrogens with zero attached hydrogens (tertiary/aromatic N) is 1. The minimum absolute atomic E-state index is 0.462. The zero-order chi connectivity index (χ0) is 13.0. The van der Waals surface area contributed by atoms with E-state index < -0.39 is 0 Å². The lowest BCUT2D eigenvalue weighted by molar-refractivity contribution is 0.226. The van der Waals surface area contributed by atoms with Crippen molar-refractivity contribution in [1.82, 2.24) is 10.2 Å². The number of hydrogen-bond donors (Lipinski definition) is 1. The molecule has 0 aromatic heterocycles. The average molecular weight is 246 g/mol. The second-order valence-electron chi connectivity index (χ2n) is 5.56. The van der Waals surface area contributed by atoms with E-state index in [1.807, 2.05) is 0 Å². The molecule has 1 aliphatic heterocycles. The van der Waals surface area contributed by atoms with E-state index in [1.54, 1.807) is 0 Å². The number of likely N-dealkylation sites (tertiary alicyclic amines) is 1. The first-order valence-electron chi connectivity index (χ1n) is 7.22. The molecule has 1 saturated heterocycles. The predicted molar refractivity (Wildman–Crippen MR) is 77.9 cm³/mol. The van der Waals surface area contributed by atoms with Crippen LogP contribution in [0.15, 0.2) is 24.3 Å². The first-order valence-corrected chi connectivity index (χ1v) is 7.22. The van der Waals surface area contributed by atoms with Crippen LogP contribution in [-0.4, -0.2) is 31.1 Å². The third-order valence-corrected chi connectivity index (χ3v) is 4.09. The maximum Gasteiger partial charge on any atom is 0.0294 e. The summed E-state index contributed by atoms with van der Waals surface area (Å²) in [5.74, 6) is 0. The Morgan fingerprint density at radius 2 is 1.83 bits per heavy atom. The van der Waals surface area contributed by atoms with E-state index in [0.29, 0.717) is 12.1 Å². The fourth-order valence-electron chi connectivity index (χ4n) is 2.67. The molecule has 0 radical (unpaired) electrons. The van der Waals surface area contributed by atoms with Crippen LogP contribution in [-0.2, 0) is 6.42 Å². The third-order valence-electron chi connectivity index (χ3n) is 4.09. The van der Waals surface area contributed by atoms with Gasteiger partial charge in [-0.25, -0.2) is 0 Å². The summed E-state index contributed by atoms with van der Waals surface area (Å²) >= 11 is 0. The first kappa shape index (κ1) is 13.6. The molecular formula is C16H26N2. The van der Waals surface area contributed by atoms with E-state index in [2.05, 4.69) is 55.4 Å². The number of benzene rings is 1. The van der Waals surface area contributed by atoms with Gasteiger partial charge < -0.3 is 10.2 Å². The fourth-order valence-corrected chi connectivity index (χ4v) is 2.67. The Kier molecular flexibility index (Phi) is 4.79. The van der Waals surface area contributed by atoms with Crippen molar-refractivity contribution in [3.05, 3.63) is 35.4 Å². The van der Waals surface area contributed by atoms with Gasteiger partial charge in [-0.2, -0.15) is 0 Å². The molecule has 0 unspecified atom stereocenters. The maximum absolute atomic E-state index is 3.77. The Balaban J connectivity index is 1.88. The molecule has 2 heteroatoms. The Bertz CT molecular complexity index is 350. The average Bonchev–Trinajstić information content (AvgIpc) is 2.41. The van der Waals surface area contributed by atoms with Crippen LogP contribution in [0.1, 0.15) is 43.9 Å². The molecule has 1 heterocycles. The van der Waals surface area contributed by atoms with E-state index in [1.165, 1.54) is 37.1 Å². The Hall–Kier alpha value is -0.860. The topological polar surface area (TPSA) is 15.3 Å². The Morgan fingerprint density at radius 3 is 2.39 bits per heavy atom. The van der Waals surface area contributed by atoms with Crippen molar-refractivity contribution >= 4 is 0 Å². The van der Waals surface area contributed by atoms with Crippen molar-refractivity contribution in [2.75, 3.05) is 20.1 Å². The minimum atomic E-state index is 0.462. The number of hydrogen-bond acceptors (Lipinski definition) is 2. The summed E-state index contributed by atoms with van der Waals surface area (Å²) in [6, 6.07) is 10.2. The minimum Gasteiger partial charge on any atom is -0.307 e. The number of nitrogens with one attached hydrogen (secondary N) is 1. The molecule has 1 atom stereocenters. The van der Waals surface area contributed by atoms with Gasteiger partial charge in [0.2, 0.25) is 0 Å². The molecule has 1 aromatic carbocycles. The lowest BCUT2D eigenvalue weighted by Gasteiger charge is -2.31. The first-order chi connectivity index (χ1) is 8.69. The van der Waals surface area contributed by atoms with E-state index in [-0.39, 0.29) is 0 Å². The molecule has 0 saturated carbocycles. The zero-order valence-corrected chi connectivity index (χ0v) is 11.9. The second kappa shape index (κ2) is 6.35. The molecule has 0 aliphatic carbocycles. The Morgan fingerprint density at radius 1 is 1.22 bits per heavy atom. The summed E-state index contributed by atoms with van der Waals surface area (Å²) in [6.45, 7) is 6.92. The van der Waals surface area contributed by atoms with Crippen molar-refractivity contribution in [1.29, 1.82) is 0 Å². The van der Waals surface area contributed by atoms with Crippen LogP contribution in [0.2, 0.25) is 0 Å². The van der Waals surface area contributed by atoms with Gasteiger partial charge in [0.05, 0.1) is 0 Å². The van der Waals surface area contributed by atoms with Crippen LogP contribution >= 0.6 is 0 Å². The van der Waals surface area contributed by atoms with Gasteiger partial charge in [0.15, 0.2) is 0 Å². The highest BCUT2D eigenvalue weighted by Gasteiger charge is 2.18. The third kappa shape index (κ3) is 3.56. The van der Waals surface area contributed by atoms with Crippen molar-refractivity contribution in [2.45, 2.75) is 45.2 Å². The SMILES string of the molecule is CCc1ccc([C@@H](C)NC2CCN(C)CC2)cc1. The molecule has 100 valence electrons. The number of aryl methyl sites for hydroxylation is 1. The summed E-state index contributed by atoms with van der Waals surface area (Å²) in [4.78, 5) is 2.42. The highest BCUT2D eigenvalue weighted by molar-refractivity contribution is 5.24. The van der Waals surface area contributed by atoms with Crippen LogP contribution in [0.4, 0.5) is 0 Å². The Labute approximate surface area is 111 Å². The number of piperidine rings is 1. The summed E-state index contributed by atoms with van der Waals surface area (Å²) < 4.78 is 0. The summed E-state index contributed by atoms with van der Waals surface area (Å²) in [5.41, 5.74) is 2.83. The summed E-state index contributed by atoms with van der Waals surface area (Å²) in [7, 11) is 2.21. The maximum atomic E-state index is 3.77. The van der Waals surface area contributed by atoms with Gasteiger partial charge in [0.25, 0.3) is 0 Å². The predicted octanol–water partition coefficient (Wildman–Crippen LogP) is 2.99. The number of rotatable bonds is 4. The molecule has 0 bridgehead atoms. The van der Waals surface area contributed by atoms with Gasteiger partial charge in [0.1, 0.15) is 0 Å². The van der Waals surface area contributed by atoms with Gasteiger partial charge in [-0.3, -0.25) is 0 Å². The van der Waals surface area contributed by atoms with Gasteiger partial charge in [0, 0.05) is 12.1 Å². The molecule has 2 nitrogen and oxygen atoms in total. The lowest BCUT2D eigenvalue weighted by Crippen LogP contribution is -2.41. The van der Waals surface area contributed by atoms with Crippen molar-refractivity contribution in [3.63, 3.8) is 0 Å². The quantitative estimate of drug-likeness (QED) is 0.878. The van der Waals surface area contributed by atoms with Crippen molar-refractivity contribution in [3.8, 4) is 0 Å². The van der Waals surface area contributed by atoms with E-state index >= 15 is 0 Å². The van der Waals surface area contributed by atoms with E-state index in [4.69, 9.17) is 0 Å². The smallest absolute Gasteiger partial charge is 0.0294 e. The monoisotopic (exact) mass is 246 g/mol. The molecule has 1 aromatic rings. The molecule has 1 N–H and O–H groups in total. The highest BCUT2D eigenvalue weighted by Crippen LogP contribution is 2.17. The van der Waals surface area contributed by atoms with Crippen LogP contribution in [0, 0.1) is 0 Å². The molecule has 0 spiro atoms. The van der Waals surface area contributed by atoms with E-state index in [0.717, 1.165) is 6.42 Å². The van der Waals surface area contributed by atoms with Gasteiger partial charge >= 0.3 is 0 Å². The van der Waals surface area contributed by atoms with Gasteiger partial charge in [-0.15, -0.1) is 0 Å². The highest BCUT2D eigenvalue weighted by atomic mass is 15.1. The van der Waals surface area contributed by atoms with E-state index in [9.17, 15) is 0 Å². The van der Waals surface area contributed by atoms with Gasteiger partial charge in [-0.05, 0) is 57.5 Å². The molecule has 0 amide bonds. The van der Waals surface area contributed by atoms with Crippen molar-refractivity contribution in [2.24, 2.45) is 0 Å². The van der Waals surface area contributed by atoms with Crippen molar-refractivity contribution < 1.29 is 0 Å². The van der Waals surface area contributed by atoms with Crippen LogP contribution in [0.5, 0.6) is 0 Å². The largest absolute Gasteiger partial charge is 0.307 e. The molecule has 18 heavy (non-hydrogen) atoms. The standard InChI is InChI=1S/C16H26N2/c1-4-14-5-7-15(8-6-14)13(2)17-16-9-11-18(3)12-10-16/h5-8,13,16-17H,4,9-12H2,1-3H3/t13-/m1/s1. The van der Waals surface area contributed by atoms with Crippen LogP contribution in [0.25, 0.3) is 0 Å². The molecule has 2 rings (SSSR count). The molecule has 1 aliphatic rings. The normalized spacial score (nSPS) is 19.9. The molecular weight excluding hydrogens is 220 g/mol. The summed E-state index contributed by atoms with van der Waals surface area (Å²) in [6.07, 6.45) is 3.67. The fraction of sp³-hybridized carbons (Fsp3) is 0.625. The summed E-state index contributed by atoms with van der Waals surface area (Å²) in [5, 5.41) is 3.77. The zero-order valence-electron chi connectivity index (χ0n) is 11.9. The lowest BCUT2D eigenvalue weighted by atomic mass is 10.0. The van der Waals surface area contributed by atoms with Gasteiger partial charge in [-0.1, -0.05) is 31.2 Å². The second-order valence-corrected chi connectivity index (χ2v) is 5.56. The van der Waals surface area contributed by atoms with Crippen LogP contribution in [0.3, 0.4) is 0 Å². The molecule has 1 fully saturated rings.